The first-order chi connectivity index (χ1) is 18.9. The molecule has 3 aliphatic rings. The lowest BCUT2D eigenvalue weighted by molar-refractivity contribution is -0.148. The number of carbonyl (C=O) groups excluding carboxylic acids is 2. The van der Waals surface area contributed by atoms with Gasteiger partial charge in [-0.05, 0) is 86.3 Å². The number of methoxy groups -OCH3 is 2. The lowest BCUT2D eigenvalue weighted by Crippen LogP contribution is -2.45. The van der Waals surface area contributed by atoms with Crippen LogP contribution in [0.4, 0.5) is 0 Å². The van der Waals surface area contributed by atoms with Gasteiger partial charge in [-0.3, -0.25) is 9.59 Å². The number of nitrogens with one attached hydrogen (secondary N) is 1. The van der Waals surface area contributed by atoms with Crippen LogP contribution in [-0.4, -0.2) is 51.5 Å². The maximum Gasteiger partial charge on any atom is 0.302 e. The Morgan fingerprint density at radius 2 is 1.46 bits per heavy atom. The van der Waals surface area contributed by atoms with Crippen LogP contribution in [0.15, 0.2) is 36.4 Å². The molecule has 210 valence electrons. The average Bonchev–Trinajstić information content (AvgIpc) is 3.86. The van der Waals surface area contributed by atoms with E-state index in [4.69, 9.17) is 23.7 Å². The molecule has 0 bridgehead atoms. The number of hydrogen-bond acceptors (Lipinski definition) is 7. The monoisotopic (exact) mass is 537 g/mol. The van der Waals surface area contributed by atoms with Gasteiger partial charge < -0.3 is 29.0 Å². The highest BCUT2D eigenvalue weighted by Crippen LogP contribution is 2.39. The molecule has 0 aliphatic heterocycles. The molecule has 8 nitrogen and oxygen atoms in total. The second-order valence-corrected chi connectivity index (χ2v) is 11.0. The maximum atomic E-state index is 13.6. The molecule has 3 saturated carbocycles. The Balaban J connectivity index is 1.35. The molecule has 3 atom stereocenters. The van der Waals surface area contributed by atoms with Crippen LogP contribution in [0.25, 0.3) is 0 Å². The fraction of sp³-hybridized carbons (Fsp3) is 0.548. The first-order valence-corrected chi connectivity index (χ1v) is 14.0. The van der Waals surface area contributed by atoms with Crippen molar-refractivity contribution >= 4 is 11.9 Å². The summed E-state index contributed by atoms with van der Waals surface area (Å²) in [6.07, 6.45) is 6.52. The van der Waals surface area contributed by atoms with E-state index < -0.39 is 0 Å². The average molecular weight is 538 g/mol. The molecular formula is C31H39NO7. The SMILES string of the molecule is COc1ccc(C2CCC(OC(C)=O)CC2NC(=O)c2ccc(OCC3CC3)c(OCC3CC3)c2)cc1OC. The molecule has 2 aromatic carbocycles. The summed E-state index contributed by atoms with van der Waals surface area (Å²) < 4.78 is 28.6. The van der Waals surface area contributed by atoms with E-state index in [-0.39, 0.29) is 29.9 Å². The number of rotatable bonds is 12. The molecule has 8 heteroatoms. The summed E-state index contributed by atoms with van der Waals surface area (Å²) in [5, 5.41) is 3.24. The van der Waals surface area contributed by atoms with Gasteiger partial charge in [0.05, 0.1) is 27.4 Å². The maximum absolute atomic E-state index is 13.6. The van der Waals surface area contributed by atoms with E-state index in [1.807, 2.05) is 24.3 Å². The Kier molecular flexibility index (Phi) is 8.48. The molecule has 3 unspecified atom stereocenters. The normalized spacial score (nSPS) is 22.5. The Bertz CT molecular complexity index is 1170. The molecule has 1 N–H and O–H groups in total. The minimum absolute atomic E-state index is 0.0206. The molecule has 0 spiro atoms. The second kappa shape index (κ2) is 12.2. The van der Waals surface area contributed by atoms with E-state index in [1.165, 1.54) is 32.6 Å². The largest absolute Gasteiger partial charge is 0.493 e. The highest BCUT2D eigenvalue weighted by atomic mass is 16.5. The summed E-state index contributed by atoms with van der Waals surface area (Å²) in [7, 11) is 3.22. The lowest BCUT2D eigenvalue weighted by atomic mass is 9.78. The molecule has 3 fully saturated rings. The van der Waals surface area contributed by atoms with Crippen LogP contribution >= 0.6 is 0 Å². The minimum Gasteiger partial charge on any atom is -0.493 e. The van der Waals surface area contributed by atoms with Crippen molar-refractivity contribution in [2.24, 2.45) is 11.8 Å². The molecule has 0 aromatic heterocycles. The van der Waals surface area contributed by atoms with Crippen molar-refractivity contribution in [3.63, 3.8) is 0 Å². The van der Waals surface area contributed by atoms with Crippen molar-refractivity contribution in [3.8, 4) is 23.0 Å². The zero-order chi connectivity index (χ0) is 27.4. The van der Waals surface area contributed by atoms with E-state index in [1.54, 1.807) is 26.4 Å². The summed E-state index contributed by atoms with van der Waals surface area (Å²) in [6, 6.07) is 11.0. The molecular weight excluding hydrogens is 498 g/mol. The Morgan fingerprint density at radius 1 is 0.795 bits per heavy atom. The van der Waals surface area contributed by atoms with Gasteiger partial charge in [0.15, 0.2) is 23.0 Å². The van der Waals surface area contributed by atoms with Crippen LogP contribution < -0.4 is 24.3 Å². The fourth-order valence-corrected chi connectivity index (χ4v) is 5.23. The van der Waals surface area contributed by atoms with Gasteiger partial charge in [-0.1, -0.05) is 6.07 Å². The van der Waals surface area contributed by atoms with Crippen molar-refractivity contribution < 1.29 is 33.3 Å². The summed E-state index contributed by atoms with van der Waals surface area (Å²) in [6.45, 7) is 2.74. The minimum atomic E-state index is -0.311. The highest BCUT2D eigenvalue weighted by Gasteiger charge is 2.35. The van der Waals surface area contributed by atoms with E-state index in [2.05, 4.69) is 5.32 Å². The standard InChI is InChI=1S/C31H39NO7/c1-19(33)39-24-10-11-25(22-8-12-27(35-2)29(14-22)36-3)26(16-24)32-31(34)23-9-13-28(37-17-20-4-5-20)30(15-23)38-18-21-6-7-21/h8-9,12-15,20-21,24-26H,4-7,10-11,16-18H2,1-3H3,(H,32,34). The summed E-state index contributed by atoms with van der Waals surface area (Å²) in [5.41, 5.74) is 1.55. The van der Waals surface area contributed by atoms with Gasteiger partial charge in [-0.25, -0.2) is 0 Å². The van der Waals surface area contributed by atoms with Crippen LogP contribution in [0.2, 0.25) is 0 Å². The number of carbonyl (C=O) groups is 2. The Hall–Kier alpha value is -3.42. The zero-order valence-electron chi connectivity index (χ0n) is 23.1. The van der Waals surface area contributed by atoms with Crippen molar-refractivity contribution in [3.05, 3.63) is 47.5 Å². The summed E-state index contributed by atoms with van der Waals surface area (Å²) in [4.78, 5) is 25.3. The number of hydrogen-bond donors (Lipinski definition) is 1. The second-order valence-electron chi connectivity index (χ2n) is 11.0. The number of ether oxygens (including phenoxy) is 5. The molecule has 1 amide bonds. The number of amides is 1. The van der Waals surface area contributed by atoms with E-state index in [0.717, 1.165) is 18.4 Å². The topological polar surface area (TPSA) is 92.3 Å². The Labute approximate surface area is 230 Å². The highest BCUT2D eigenvalue weighted by molar-refractivity contribution is 5.95. The number of esters is 1. The summed E-state index contributed by atoms with van der Waals surface area (Å²) in [5.74, 6) is 3.32. The third-order valence-electron chi connectivity index (χ3n) is 7.84. The summed E-state index contributed by atoms with van der Waals surface area (Å²) >= 11 is 0. The van der Waals surface area contributed by atoms with Crippen molar-refractivity contribution in [1.82, 2.24) is 5.32 Å². The predicted octanol–water partition coefficient (Wildman–Crippen LogP) is 5.28. The van der Waals surface area contributed by atoms with Gasteiger partial charge in [0.25, 0.3) is 5.91 Å². The van der Waals surface area contributed by atoms with E-state index in [0.29, 0.717) is 60.0 Å². The van der Waals surface area contributed by atoms with Gasteiger partial charge in [-0.2, -0.15) is 0 Å². The molecule has 2 aromatic rings. The van der Waals surface area contributed by atoms with Gasteiger partial charge >= 0.3 is 5.97 Å². The van der Waals surface area contributed by atoms with Gasteiger partial charge in [0.1, 0.15) is 6.10 Å². The molecule has 0 saturated heterocycles. The number of benzene rings is 2. The molecule has 39 heavy (non-hydrogen) atoms. The van der Waals surface area contributed by atoms with E-state index >= 15 is 0 Å². The molecule has 3 aliphatic carbocycles. The quantitative estimate of drug-likeness (QED) is 0.368. The first kappa shape index (κ1) is 27.2. The van der Waals surface area contributed by atoms with Crippen LogP contribution in [-0.2, 0) is 9.53 Å². The van der Waals surface area contributed by atoms with Crippen LogP contribution in [0.3, 0.4) is 0 Å². The van der Waals surface area contributed by atoms with E-state index in [9.17, 15) is 9.59 Å². The van der Waals surface area contributed by atoms with Gasteiger partial charge in [0.2, 0.25) is 0 Å². The predicted molar refractivity (Wildman–Crippen MR) is 146 cm³/mol. The molecule has 5 rings (SSSR count). The van der Waals surface area contributed by atoms with Crippen LogP contribution in [0.1, 0.15) is 73.7 Å². The van der Waals surface area contributed by atoms with Crippen LogP contribution in [0.5, 0.6) is 23.0 Å². The van der Waals surface area contributed by atoms with Gasteiger partial charge in [0, 0.05) is 30.9 Å². The third kappa shape index (κ3) is 7.16. The smallest absolute Gasteiger partial charge is 0.302 e. The van der Waals surface area contributed by atoms with Crippen LogP contribution in [0, 0.1) is 11.8 Å². The third-order valence-corrected chi connectivity index (χ3v) is 7.84. The first-order valence-electron chi connectivity index (χ1n) is 14.0. The fourth-order valence-electron chi connectivity index (χ4n) is 5.23. The van der Waals surface area contributed by atoms with Crippen molar-refractivity contribution in [1.29, 1.82) is 0 Å². The van der Waals surface area contributed by atoms with Gasteiger partial charge in [-0.15, -0.1) is 0 Å². The van der Waals surface area contributed by atoms with Crippen molar-refractivity contribution in [2.75, 3.05) is 27.4 Å². The molecule has 0 heterocycles. The van der Waals surface area contributed by atoms with Crippen molar-refractivity contribution in [2.45, 2.75) is 69.9 Å². The lowest BCUT2D eigenvalue weighted by Gasteiger charge is -2.36. The zero-order valence-corrected chi connectivity index (χ0v) is 23.1. The Morgan fingerprint density at radius 3 is 2.10 bits per heavy atom. The molecule has 0 radical (unpaired) electrons.